The second-order valence-electron chi connectivity index (χ2n) is 4.03. The van der Waals surface area contributed by atoms with E-state index >= 15 is 0 Å². The Morgan fingerprint density at radius 3 is 2.71 bits per heavy atom. The van der Waals surface area contributed by atoms with Crippen molar-refractivity contribution in [1.82, 2.24) is 9.97 Å². The van der Waals surface area contributed by atoms with Crippen LogP contribution in [0, 0.1) is 20.8 Å². The summed E-state index contributed by atoms with van der Waals surface area (Å²) in [5, 5.41) is 0. The van der Waals surface area contributed by atoms with Gasteiger partial charge in [0.1, 0.15) is 5.75 Å². The Balaban J connectivity index is 2.37. The van der Waals surface area contributed by atoms with Crippen molar-refractivity contribution in [1.29, 1.82) is 0 Å². The largest absolute Gasteiger partial charge is 0.437 e. The Hall–Kier alpha value is -2.10. The predicted octanol–water partition coefficient (Wildman–Crippen LogP) is 2.78. The summed E-state index contributed by atoms with van der Waals surface area (Å²) in [6.45, 7) is 5.71. The molecule has 0 aliphatic rings. The van der Waals surface area contributed by atoms with Gasteiger partial charge in [0, 0.05) is 18.0 Å². The first-order valence-electron chi connectivity index (χ1n) is 5.40. The monoisotopic (exact) mass is 229 g/mol. The Kier molecular flexibility index (Phi) is 2.95. The molecule has 1 heterocycles. The fourth-order valence-corrected chi connectivity index (χ4v) is 1.44. The highest BCUT2D eigenvalue weighted by Gasteiger charge is 2.07. The van der Waals surface area contributed by atoms with Crippen LogP contribution in [-0.2, 0) is 0 Å². The number of rotatable bonds is 2. The van der Waals surface area contributed by atoms with E-state index in [1.807, 2.05) is 32.9 Å². The van der Waals surface area contributed by atoms with Gasteiger partial charge in [0.05, 0.1) is 11.4 Å². The van der Waals surface area contributed by atoms with Gasteiger partial charge in [-0.2, -0.15) is 0 Å². The first kappa shape index (κ1) is 11.4. The number of hydrogen-bond acceptors (Lipinski definition) is 4. The predicted molar refractivity (Wildman–Crippen MR) is 67.2 cm³/mol. The molecule has 0 saturated heterocycles. The van der Waals surface area contributed by atoms with Crippen LogP contribution in [0.25, 0.3) is 0 Å². The number of aryl methyl sites for hydroxylation is 3. The van der Waals surface area contributed by atoms with E-state index in [2.05, 4.69) is 9.97 Å². The molecule has 0 bridgehead atoms. The number of nitrogens with zero attached hydrogens (tertiary/aromatic N) is 2. The normalized spacial score (nSPS) is 10.3. The van der Waals surface area contributed by atoms with E-state index in [0.717, 1.165) is 17.0 Å². The van der Waals surface area contributed by atoms with Crippen molar-refractivity contribution in [2.45, 2.75) is 20.8 Å². The molecule has 0 spiro atoms. The average Bonchev–Trinajstić information content (AvgIpc) is 2.28. The molecule has 2 rings (SSSR count). The van der Waals surface area contributed by atoms with Gasteiger partial charge in [0.2, 0.25) is 5.88 Å². The van der Waals surface area contributed by atoms with E-state index in [0.29, 0.717) is 17.3 Å². The maximum Gasteiger partial charge on any atom is 0.241 e. The summed E-state index contributed by atoms with van der Waals surface area (Å²) in [5.74, 6) is 1.24. The summed E-state index contributed by atoms with van der Waals surface area (Å²) in [7, 11) is 0. The van der Waals surface area contributed by atoms with E-state index in [9.17, 15) is 0 Å². The van der Waals surface area contributed by atoms with Crippen LogP contribution in [-0.4, -0.2) is 9.97 Å². The third kappa shape index (κ3) is 2.53. The molecule has 2 N–H and O–H groups in total. The van der Waals surface area contributed by atoms with Crippen LogP contribution < -0.4 is 10.5 Å². The van der Waals surface area contributed by atoms with E-state index in [-0.39, 0.29) is 0 Å². The van der Waals surface area contributed by atoms with Gasteiger partial charge in [0.15, 0.2) is 0 Å². The molecular formula is C13H15N3O. The standard InChI is InChI=1S/C13H15N3O/c1-8-4-5-11(14)6-12(8)17-13-10(3)15-7-9(2)16-13/h4-7H,14H2,1-3H3. The molecule has 2 aromatic rings. The molecule has 0 fully saturated rings. The maximum atomic E-state index is 5.75. The molecular weight excluding hydrogens is 214 g/mol. The zero-order chi connectivity index (χ0) is 12.4. The van der Waals surface area contributed by atoms with E-state index in [1.165, 1.54) is 0 Å². The van der Waals surface area contributed by atoms with Gasteiger partial charge in [-0.15, -0.1) is 0 Å². The highest BCUT2D eigenvalue weighted by Crippen LogP contribution is 2.27. The molecule has 4 heteroatoms. The summed E-state index contributed by atoms with van der Waals surface area (Å²) in [6.07, 6.45) is 1.72. The lowest BCUT2D eigenvalue weighted by Crippen LogP contribution is -1.97. The number of nitrogens with two attached hydrogens (primary N) is 1. The Morgan fingerprint density at radius 2 is 1.94 bits per heavy atom. The summed E-state index contributed by atoms with van der Waals surface area (Å²) in [6, 6.07) is 5.55. The number of hydrogen-bond donors (Lipinski definition) is 1. The van der Waals surface area contributed by atoms with Gasteiger partial charge in [-0.05, 0) is 32.4 Å². The van der Waals surface area contributed by atoms with Crippen molar-refractivity contribution in [3.63, 3.8) is 0 Å². The minimum absolute atomic E-state index is 0.527. The van der Waals surface area contributed by atoms with Crippen LogP contribution in [0.2, 0.25) is 0 Å². The lowest BCUT2D eigenvalue weighted by molar-refractivity contribution is 0.451. The molecule has 4 nitrogen and oxygen atoms in total. The number of nitrogen functional groups attached to an aromatic ring is 1. The molecule has 0 atom stereocenters. The molecule has 1 aromatic heterocycles. The van der Waals surface area contributed by atoms with E-state index < -0.39 is 0 Å². The third-order valence-electron chi connectivity index (χ3n) is 2.45. The first-order valence-corrected chi connectivity index (χ1v) is 5.40. The molecule has 0 aliphatic heterocycles. The summed E-state index contributed by atoms with van der Waals surface area (Å²) in [4.78, 5) is 8.52. The minimum atomic E-state index is 0.527. The van der Waals surface area contributed by atoms with Crippen molar-refractivity contribution in [2.24, 2.45) is 0 Å². The molecule has 0 saturated carbocycles. The molecule has 1 aromatic carbocycles. The van der Waals surface area contributed by atoms with Gasteiger partial charge in [-0.1, -0.05) is 6.07 Å². The zero-order valence-electron chi connectivity index (χ0n) is 10.2. The zero-order valence-corrected chi connectivity index (χ0v) is 10.2. The fraction of sp³-hybridized carbons (Fsp3) is 0.231. The number of aromatic nitrogens is 2. The summed E-state index contributed by atoms with van der Waals surface area (Å²) in [5.41, 5.74) is 9.01. The van der Waals surface area contributed by atoms with Crippen molar-refractivity contribution in [3.8, 4) is 11.6 Å². The van der Waals surface area contributed by atoms with Crippen LogP contribution in [0.5, 0.6) is 11.6 Å². The van der Waals surface area contributed by atoms with Crippen LogP contribution in [0.1, 0.15) is 17.0 Å². The number of ether oxygens (including phenoxy) is 1. The van der Waals surface area contributed by atoms with Gasteiger partial charge >= 0.3 is 0 Å². The molecule has 0 aliphatic carbocycles. The third-order valence-corrected chi connectivity index (χ3v) is 2.45. The van der Waals surface area contributed by atoms with Crippen LogP contribution in [0.15, 0.2) is 24.4 Å². The topological polar surface area (TPSA) is 61.0 Å². The van der Waals surface area contributed by atoms with Gasteiger partial charge < -0.3 is 10.5 Å². The number of anilines is 1. The highest BCUT2D eigenvalue weighted by molar-refractivity contribution is 5.49. The van der Waals surface area contributed by atoms with Crippen molar-refractivity contribution in [3.05, 3.63) is 41.3 Å². The van der Waals surface area contributed by atoms with E-state index in [1.54, 1.807) is 12.3 Å². The fourth-order valence-electron chi connectivity index (χ4n) is 1.44. The lowest BCUT2D eigenvalue weighted by atomic mass is 10.2. The van der Waals surface area contributed by atoms with Crippen molar-refractivity contribution >= 4 is 5.69 Å². The molecule has 0 amide bonds. The number of benzene rings is 1. The summed E-state index contributed by atoms with van der Waals surface area (Å²) >= 11 is 0. The first-order chi connectivity index (χ1) is 8.06. The highest BCUT2D eigenvalue weighted by atomic mass is 16.5. The second kappa shape index (κ2) is 4.41. The maximum absolute atomic E-state index is 5.75. The Bertz CT molecular complexity index is 503. The average molecular weight is 229 g/mol. The second-order valence-corrected chi connectivity index (χ2v) is 4.03. The van der Waals surface area contributed by atoms with Gasteiger partial charge in [0.25, 0.3) is 0 Å². The lowest BCUT2D eigenvalue weighted by Gasteiger charge is -2.10. The van der Waals surface area contributed by atoms with Crippen molar-refractivity contribution < 1.29 is 4.74 Å². The minimum Gasteiger partial charge on any atom is -0.437 e. The Labute approximate surface area is 100 Å². The van der Waals surface area contributed by atoms with Gasteiger partial charge in [-0.25, -0.2) is 4.98 Å². The van der Waals surface area contributed by atoms with Crippen LogP contribution >= 0.6 is 0 Å². The molecule has 0 radical (unpaired) electrons. The SMILES string of the molecule is Cc1cnc(C)c(Oc2cc(N)ccc2C)n1. The molecule has 0 unspecified atom stereocenters. The smallest absolute Gasteiger partial charge is 0.241 e. The quantitative estimate of drug-likeness (QED) is 0.804. The Morgan fingerprint density at radius 1 is 1.18 bits per heavy atom. The van der Waals surface area contributed by atoms with Crippen LogP contribution in [0.3, 0.4) is 0 Å². The van der Waals surface area contributed by atoms with Crippen molar-refractivity contribution in [2.75, 3.05) is 5.73 Å². The molecule has 17 heavy (non-hydrogen) atoms. The van der Waals surface area contributed by atoms with Crippen LogP contribution in [0.4, 0.5) is 5.69 Å². The van der Waals surface area contributed by atoms with Gasteiger partial charge in [-0.3, -0.25) is 4.98 Å². The van der Waals surface area contributed by atoms with E-state index in [4.69, 9.17) is 10.5 Å². The summed E-state index contributed by atoms with van der Waals surface area (Å²) < 4.78 is 5.75. The molecule has 88 valence electrons.